The van der Waals surface area contributed by atoms with Crippen molar-refractivity contribution in [1.82, 2.24) is 25.2 Å². The minimum Gasteiger partial charge on any atom is -0.492 e. The maximum absolute atomic E-state index is 8.91. The first-order valence-corrected chi connectivity index (χ1v) is 10.1. The Kier molecular flexibility index (Phi) is 7.18. The molecule has 0 fully saturated rings. The molecular weight excluding hydrogens is 509 g/mol. The van der Waals surface area contributed by atoms with Crippen LogP contribution in [0.1, 0.15) is 6.42 Å². The molecule has 3 aromatic rings. The number of hydrogen-bond donors (Lipinski definition) is 2. The highest BCUT2D eigenvalue weighted by Gasteiger charge is 2.12. The summed E-state index contributed by atoms with van der Waals surface area (Å²) in [5, 5.41) is 30.5. The van der Waals surface area contributed by atoms with Gasteiger partial charge < -0.3 is 19.7 Å². The molecule has 0 unspecified atom stereocenters. The van der Waals surface area contributed by atoms with Gasteiger partial charge in [-0.3, -0.25) is 0 Å². The molecule has 0 bridgehead atoms. The van der Waals surface area contributed by atoms with Gasteiger partial charge in [0, 0.05) is 9.99 Å². The molecule has 0 saturated carbocycles. The number of hydrogen-bond acceptors (Lipinski definition) is 9. The highest BCUT2D eigenvalue weighted by Crippen LogP contribution is 2.28. The van der Waals surface area contributed by atoms with E-state index >= 15 is 0 Å². The molecule has 3 rings (SSSR count). The molecule has 0 radical (unpaired) electrons. The summed E-state index contributed by atoms with van der Waals surface area (Å²) in [6, 6.07) is 5.60. The predicted octanol–water partition coefficient (Wildman–Crippen LogP) is 2.21. The lowest BCUT2D eigenvalue weighted by molar-refractivity contribution is -0.0563. The summed E-state index contributed by atoms with van der Waals surface area (Å²) < 4.78 is 12.3. The Morgan fingerprint density at radius 3 is 2.89 bits per heavy atom. The lowest BCUT2D eigenvalue weighted by Crippen LogP contribution is -2.16. The van der Waals surface area contributed by atoms with Gasteiger partial charge in [-0.05, 0) is 46.0 Å². The maximum atomic E-state index is 8.91. The molecule has 2 heterocycles. The summed E-state index contributed by atoms with van der Waals surface area (Å²) in [5.41, 5.74) is 0. The van der Waals surface area contributed by atoms with Crippen LogP contribution >= 0.6 is 45.5 Å². The highest BCUT2D eigenvalue weighted by molar-refractivity contribution is 14.1. The van der Waals surface area contributed by atoms with E-state index in [0.717, 1.165) is 8.37 Å². The summed E-state index contributed by atoms with van der Waals surface area (Å²) in [6.45, 7) is 0.752. The second-order valence-electron chi connectivity index (χ2n) is 5.26. The standard InChI is InChI=1S/C15H15ClIN5O4S/c16-10-3-2-9(17)6-11(10)25-4-1-5-26-15-18-7-12(27-15)14-19-21-22(20-14)8-13(23)24/h2-3,6-7,13,23-24H,1,4-5,8H2. The quantitative estimate of drug-likeness (QED) is 0.249. The number of aliphatic hydroxyl groups excluding tert-OH is 1. The van der Waals surface area contributed by atoms with E-state index < -0.39 is 6.29 Å². The van der Waals surface area contributed by atoms with Crippen molar-refractivity contribution in [3.63, 3.8) is 0 Å². The van der Waals surface area contributed by atoms with E-state index in [1.54, 1.807) is 12.3 Å². The fourth-order valence-electron chi connectivity index (χ4n) is 1.98. The highest BCUT2D eigenvalue weighted by atomic mass is 127. The van der Waals surface area contributed by atoms with E-state index in [-0.39, 0.29) is 6.54 Å². The first-order chi connectivity index (χ1) is 13.0. The van der Waals surface area contributed by atoms with Crippen LogP contribution in [0, 0.1) is 3.57 Å². The van der Waals surface area contributed by atoms with Crippen molar-refractivity contribution >= 4 is 45.5 Å². The first kappa shape index (κ1) is 20.2. The molecule has 1 aromatic carbocycles. The van der Waals surface area contributed by atoms with Crippen molar-refractivity contribution in [3.8, 4) is 21.6 Å². The summed E-state index contributed by atoms with van der Waals surface area (Å²) in [4.78, 5) is 5.94. The molecule has 0 amide bonds. The minimum atomic E-state index is -1.54. The summed E-state index contributed by atoms with van der Waals surface area (Å²) in [7, 11) is 0. The average molecular weight is 524 g/mol. The number of aliphatic hydroxyl groups is 2. The van der Waals surface area contributed by atoms with Crippen molar-refractivity contribution < 1.29 is 19.7 Å². The van der Waals surface area contributed by atoms with Crippen molar-refractivity contribution in [2.45, 2.75) is 19.3 Å². The number of aromatic nitrogens is 5. The molecule has 0 aliphatic heterocycles. The maximum Gasteiger partial charge on any atom is 0.273 e. The van der Waals surface area contributed by atoms with Gasteiger partial charge in [0.1, 0.15) is 12.3 Å². The Labute approximate surface area is 177 Å². The van der Waals surface area contributed by atoms with Gasteiger partial charge in [-0.1, -0.05) is 22.9 Å². The van der Waals surface area contributed by atoms with Crippen molar-refractivity contribution in [2.75, 3.05) is 13.2 Å². The van der Waals surface area contributed by atoms with Crippen LogP contribution in [-0.4, -0.2) is 54.9 Å². The summed E-state index contributed by atoms with van der Waals surface area (Å²) >= 11 is 9.56. The Bertz CT molecular complexity index is 891. The molecule has 0 aliphatic rings. The monoisotopic (exact) mass is 523 g/mol. The fraction of sp³-hybridized carbons (Fsp3) is 0.333. The molecule has 12 heteroatoms. The number of ether oxygens (including phenoxy) is 2. The summed E-state index contributed by atoms with van der Waals surface area (Å²) in [5.74, 6) is 1.00. The van der Waals surface area contributed by atoms with Gasteiger partial charge >= 0.3 is 0 Å². The number of nitrogens with zero attached hydrogens (tertiary/aromatic N) is 5. The molecule has 0 atom stereocenters. The van der Waals surface area contributed by atoms with E-state index in [9.17, 15) is 0 Å². The van der Waals surface area contributed by atoms with Gasteiger partial charge in [-0.25, -0.2) is 4.98 Å². The number of thiazole rings is 1. The van der Waals surface area contributed by atoms with Gasteiger partial charge in [-0.15, -0.1) is 10.2 Å². The van der Waals surface area contributed by atoms with Crippen LogP contribution in [0.5, 0.6) is 10.9 Å². The number of tetrazole rings is 1. The van der Waals surface area contributed by atoms with Crippen LogP contribution in [-0.2, 0) is 6.54 Å². The normalized spacial score (nSPS) is 11.1. The van der Waals surface area contributed by atoms with Gasteiger partial charge in [0.05, 0.1) is 29.3 Å². The SMILES string of the molecule is OC(O)Cn1nnc(-c2cnc(OCCCOc3cc(I)ccc3Cl)s2)n1. The van der Waals surface area contributed by atoms with Crippen LogP contribution in [0.2, 0.25) is 5.02 Å². The Balaban J connectivity index is 1.44. The molecule has 2 N–H and O–H groups in total. The topological polar surface area (TPSA) is 115 Å². The van der Waals surface area contributed by atoms with Gasteiger partial charge in [0.2, 0.25) is 5.82 Å². The molecule has 144 valence electrons. The van der Waals surface area contributed by atoms with Crippen LogP contribution in [0.4, 0.5) is 0 Å². The summed E-state index contributed by atoms with van der Waals surface area (Å²) in [6.07, 6.45) is 0.710. The Morgan fingerprint density at radius 2 is 2.07 bits per heavy atom. The zero-order chi connectivity index (χ0) is 19.2. The molecular formula is C15H15ClIN5O4S. The van der Waals surface area contributed by atoms with Crippen molar-refractivity contribution in [1.29, 1.82) is 0 Å². The van der Waals surface area contributed by atoms with Crippen LogP contribution in [0.3, 0.4) is 0 Å². The van der Waals surface area contributed by atoms with E-state index in [1.807, 2.05) is 12.1 Å². The van der Waals surface area contributed by atoms with Crippen molar-refractivity contribution in [3.05, 3.63) is 33.0 Å². The molecule has 0 aliphatic carbocycles. The number of benzene rings is 1. The number of rotatable bonds is 9. The van der Waals surface area contributed by atoms with Crippen molar-refractivity contribution in [2.24, 2.45) is 0 Å². The largest absolute Gasteiger partial charge is 0.492 e. The second kappa shape index (κ2) is 9.59. The molecule has 9 nitrogen and oxygen atoms in total. The van der Waals surface area contributed by atoms with Crippen LogP contribution < -0.4 is 9.47 Å². The van der Waals surface area contributed by atoms with Crippen LogP contribution in [0.25, 0.3) is 10.7 Å². The van der Waals surface area contributed by atoms with E-state index in [4.69, 9.17) is 31.3 Å². The van der Waals surface area contributed by atoms with Gasteiger partial charge in [0.15, 0.2) is 6.29 Å². The molecule has 27 heavy (non-hydrogen) atoms. The Morgan fingerprint density at radius 1 is 1.26 bits per heavy atom. The lowest BCUT2D eigenvalue weighted by Gasteiger charge is -2.08. The molecule has 2 aromatic heterocycles. The fourth-order valence-corrected chi connectivity index (χ4v) is 3.33. The van der Waals surface area contributed by atoms with Crippen LogP contribution in [0.15, 0.2) is 24.4 Å². The van der Waals surface area contributed by atoms with E-state index in [0.29, 0.717) is 46.3 Å². The first-order valence-electron chi connectivity index (χ1n) is 7.82. The minimum absolute atomic E-state index is 0.153. The molecule has 0 saturated heterocycles. The third-order valence-corrected chi connectivity index (χ3v) is 5.04. The predicted molar refractivity (Wildman–Crippen MR) is 107 cm³/mol. The molecule has 0 spiro atoms. The third kappa shape index (κ3) is 5.97. The average Bonchev–Trinajstić information content (AvgIpc) is 3.26. The lowest BCUT2D eigenvalue weighted by atomic mass is 10.3. The Hall–Kier alpha value is -1.54. The van der Waals surface area contributed by atoms with Gasteiger partial charge in [0.25, 0.3) is 5.19 Å². The smallest absolute Gasteiger partial charge is 0.273 e. The van der Waals surface area contributed by atoms with E-state index in [1.165, 1.54) is 11.3 Å². The zero-order valence-corrected chi connectivity index (χ0v) is 17.6. The zero-order valence-electron chi connectivity index (χ0n) is 13.8. The third-order valence-electron chi connectivity index (χ3n) is 3.15. The second-order valence-corrected chi connectivity index (χ2v) is 7.91. The van der Waals surface area contributed by atoms with E-state index in [2.05, 4.69) is 43.0 Å². The number of halogens is 2. The van der Waals surface area contributed by atoms with Gasteiger partial charge in [-0.2, -0.15) is 4.80 Å².